The molecule has 0 saturated heterocycles. The van der Waals surface area contributed by atoms with Gasteiger partial charge in [0.1, 0.15) is 6.10 Å². The highest BCUT2D eigenvalue weighted by molar-refractivity contribution is 5.85. The molecule has 2 rings (SSSR count). The van der Waals surface area contributed by atoms with Crippen LogP contribution in [0, 0.1) is 0 Å². The molecule has 0 aromatic heterocycles. The van der Waals surface area contributed by atoms with E-state index in [0.717, 1.165) is 19.5 Å². The first-order valence-electron chi connectivity index (χ1n) is 7.13. The molecule has 0 saturated carbocycles. The molecule has 1 heterocycles. The van der Waals surface area contributed by atoms with Crippen LogP contribution in [0.4, 0.5) is 0 Å². The highest BCUT2D eigenvalue weighted by Gasteiger charge is 2.33. The third-order valence-electron chi connectivity index (χ3n) is 3.13. The summed E-state index contributed by atoms with van der Waals surface area (Å²) in [5, 5.41) is 6.10. The van der Waals surface area contributed by atoms with Crippen LogP contribution >= 0.6 is 12.4 Å². The molecule has 1 aromatic carbocycles. The van der Waals surface area contributed by atoms with Gasteiger partial charge in [0.2, 0.25) is 6.10 Å². The van der Waals surface area contributed by atoms with Crippen LogP contribution in [0.2, 0.25) is 0 Å². The Labute approximate surface area is 131 Å². The van der Waals surface area contributed by atoms with Gasteiger partial charge in [0.05, 0.1) is 0 Å². The lowest BCUT2D eigenvalue weighted by Crippen LogP contribution is -2.50. The maximum absolute atomic E-state index is 12.1. The molecule has 1 aliphatic heterocycles. The molecule has 0 radical (unpaired) electrons. The highest BCUT2D eigenvalue weighted by atomic mass is 35.5. The van der Waals surface area contributed by atoms with Crippen molar-refractivity contribution in [3.05, 3.63) is 24.3 Å². The van der Waals surface area contributed by atoms with E-state index in [1.807, 2.05) is 31.2 Å². The van der Waals surface area contributed by atoms with Crippen molar-refractivity contribution in [3.8, 4) is 11.5 Å². The van der Waals surface area contributed by atoms with Crippen molar-refractivity contribution in [3.63, 3.8) is 0 Å². The Morgan fingerprint density at radius 1 is 1.14 bits per heavy atom. The predicted octanol–water partition coefficient (Wildman–Crippen LogP) is 1.75. The van der Waals surface area contributed by atoms with Crippen LogP contribution in [-0.4, -0.2) is 37.7 Å². The number of hydrogen-bond donors (Lipinski definition) is 2. The van der Waals surface area contributed by atoms with E-state index in [1.165, 1.54) is 0 Å². The zero-order chi connectivity index (χ0) is 14.4. The van der Waals surface area contributed by atoms with Crippen LogP contribution < -0.4 is 20.1 Å². The molecule has 0 aliphatic carbocycles. The summed E-state index contributed by atoms with van der Waals surface area (Å²) in [5.74, 6) is 1.17. The van der Waals surface area contributed by atoms with Gasteiger partial charge in [-0.05, 0) is 32.0 Å². The molecular weight excluding hydrogens is 292 g/mol. The minimum atomic E-state index is -0.601. The summed E-state index contributed by atoms with van der Waals surface area (Å²) in [5.41, 5.74) is 0. The average Bonchev–Trinajstić information content (AvgIpc) is 2.46. The molecule has 0 fully saturated rings. The van der Waals surface area contributed by atoms with Gasteiger partial charge in [0, 0.05) is 13.1 Å². The number of para-hydroxylation sites is 2. The summed E-state index contributed by atoms with van der Waals surface area (Å²) in [6, 6.07) is 7.40. The summed E-state index contributed by atoms with van der Waals surface area (Å²) in [7, 11) is 0. The van der Waals surface area contributed by atoms with E-state index in [-0.39, 0.29) is 24.4 Å². The van der Waals surface area contributed by atoms with Crippen molar-refractivity contribution in [2.75, 3.05) is 19.6 Å². The third kappa shape index (κ3) is 4.79. The van der Waals surface area contributed by atoms with Crippen LogP contribution in [0.5, 0.6) is 11.5 Å². The largest absolute Gasteiger partial charge is 0.482 e. The maximum Gasteiger partial charge on any atom is 0.265 e. The van der Waals surface area contributed by atoms with Crippen LogP contribution in [0.25, 0.3) is 0 Å². The molecule has 118 valence electrons. The topological polar surface area (TPSA) is 59.6 Å². The first-order valence-corrected chi connectivity index (χ1v) is 7.13. The lowest BCUT2D eigenvalue weighted by Gasteiger charge is -2.31. The Morgan fingerprint density at radius 2 is 1.81 bits per heavy atom. The van der Waals surface area contributed by atoms with Crippen LogP contribution in [0.15, 0.2) is 24.3 Å². The van der Waals surface area contributed by atoms with Crippen molar-refractivity contribution in [1.82, 2.24) is 10.6 Å². The lowest BCUT2D eigenvalue weighted by atomic mass is 10.1. The van der Waals surface area contributed by atoms with Gasteiger partial charge in [0.15, 0.2) is 11.5 Å². The van der Waals surface area contributed by atoms with E-state index in [4.69, 9.17) is 9.47 Å². The van der Waals surface area contributed by atoms with E-state index in [2.05, 4.69) is 17.6 Å². The van der Waals surface area contributed by atoms with Gasteiger partial charge in [-0.3, -0.25) is 4.79 Å². The summed E-state index contributed by atoms with van der Waals surface area (Å²) in [6.07, 6.45) is 0.186. The van der Waals surface area contributed by atoms with Gasteiger partial charge in [-0.1, -0.05) is 19.1 Å². The summed E-state index contributed by atoms with van der Waals surface area (Å²) in [4.78, 5) is 12.1. The average molecular weight is 315 g/mol. The summed E-state index contributed by atoms with van der Waals surface area (Å²) in [6.45, 7) is 6.27. The summed E-state index contributed by atoms with van der Waals surface area (Å²) < 4.78 is 11.4. The van der Waals surface area contributed by atoms with Gasteiger partial charge >= 0.3 is 0 Å². The predicted molar refractivity (Wildman–Crippen MR) is 84.4 cm³/mol. The first kappa shape index (κ1) is 17.6. The molecule has 2 atom stereocenters. The molecule has 1 aromatic rings. The number of ether oxygens (including phenoxy) is 2. The maximum atomic E-state index is 12.1. The number of carbonyl (C=O) groups is 1. The van der Waals surface area contributed by atoms with Crippen molar-refractivity contribution < 1.29 is 14.3 Å². The number of carbonyl (C=O) groups excluding carboxylic acids is 1. The second-order valence-electron chi connectivity index (χ2n) is 4.85. The SMILES string of the molecule is CCCNCCNC(=O)C1Oc2ccccc2OC1C.Cl. The molecule has 6 heteroatoms. The number of rotatable bonds is 6. The van der Waals surface area contributed by atoms with Crippen molar-refractivity contribution >= 4 is 18.3 Å². The third-order valence-corrected chi connectivity index (χ3v) is 3.13. The Bertz CT molecular complexity index is 456. The molecule has 21 heavy (non-hydrogen) atoms. The standard InChI is InChI=1S/C15H22N2O3.ClH/c1-3-8-16-9-10-17-15(18)14-11(2)19-12-6-4-5-7-13(12)20-14;/h4-7,11,14,16H,3,8-10H2,1-2H3,(H,17,18);1H. The monoisotopic (exact) mass is 314 g/mol. The summed E-state index contributed by atoms with van der Waals surface area (Å²) >= 11 is 0. The number of fused-ring (bicyclic) bond motifs is 1. The van der Waals surface area contributed by atoms with E-state index in [9.17, 15) is 4.79 Å². The number of amides is 1. The van der Waals surface area contributed by atoms with Crippen molar-refractivity contribution in [1.29, 1.82) is 0 Å². The van der Waals surface area contributed by atoms with E-state index in [0.29, 0.717) is 18.0 Å². The van der Waals surface area contributed by atoms with E-state index in [1.54, 1.807) is 0 Å². The van der Waals surface area contributed by atoms with Crippen LogP contribution in [0.1, 0.15) is 20.3 Å². The molecule has 1 aliphatic rings. The molecule has 2 N–H and O–H groups in total. The fraction of sp³-hybridized carbons (Fsp3) is 0.533. The Balaban J connectivity index is 0.00000220. The van der Waals surface area contributed by atoms with Gasteiger partial charge in [-0.25, -0.2) is 0 Å². The van der Waals surface area contributed by atoms with Crippen molar-refractivity contribution in [2.24, 2.45) is 0 Å². The quantitative estimate of drug-likeness (QED) is 0.786. The van der Waals surface area contributed by atoms with E-state index >= 15 is 0 Å². The number of halogens is 1. The minimum Gasteiger partial charge on any atom is -0.482 e. The fourth-order valence-corrected chi connectivity index (χ4v) is 2.08. The highest BCUT2D eigenvalue weighted by Crippen LogP contribution is 2.33. The second-order valence-corrected chi connectivity index (χ2v) is 4.85. The Hall–Kier alpha value is -1.46. The van der Waals surface area contributed by atoms with Crippen LogP contribution in [0.3, 0.4) is 0 Å². The van der Waals surface area contributed by atoms with E-state index < -0.39 is 6.10 Å². The molecule has 2 unspecified atom stereocenters. The molecule has 1 amide bonds. The first-order chi connectivity index (χ1) is 9.72. The number of nitrogens with one attached hydrogen (secondary N) is 2. The fourth-order valence-electron chi connectivity index (χ4n) is 2.08. The number of hydrogen-bond acceptors (Lipinski definition) is 4. The molecular formula is C15H23ClN2O3. The van der Waals surface area contributed by atoms with Gasteiger partial charge in [0.25, 0.3) is 5.91 Å². The normalized spacial score (nSPS) is 19.5. The lowest BCUT2D eigenvalue weighted by molar-refractivity contribution is -0.133. The zero-order valence-electron chi connectivity index (χ0n) is 12.4. The molecule has 0 spiro atoms. The smallest absolute Gasteiger partial charge is 0.265 e. The minimum absolute atomic E-state index is 0. The zero-order valence-corrected chi connectivity index (χ0v) is 13.2. The molecule has 5 nitrogen and oxygen atoms in total. The van der Waals surface area contributed by atoms with Crippen LogP contribution in [-0.2, 0) is 4.79 Å². The Kier molecular flexibility index (Phi) is 7.32. The second kappa shape index (κ2) is 8.74. The Morgan fingerprint density at radius 3 is 2.48 bits per heavy atom. The van der Waals surface area contributed by atoms with Gasteiger partial charge in [-0.15, -0.1) is 12.4 Å². The molecule has 0 bridgehead atoms. The van der Waals surface area contributed by atoms with Gasteiger partial charge in [-0.2, -0.15) is 0 Å². The number of benzene rings is 1. The van der Waals surface area contributed by atoms with Gasteiger partial charge < -0.3 is 20.1 Å². The van der Waals surface area contributed by atoms with Crippen molar-refractivity contribution in [2.45, 2.75) is 32.5 Å².